The smallest absolute Gasteiger partial charge is 0.193 e. The largest absolute Gasteiger partial charge is 0.361 e. The molecule has 0 bridgehead atoms. The van der Waals surface area contributed by atoms with E-state index >= 15 is 0 Å². The van der Waals surface area contributed by atoms with Gasteiger partial charge in [-0.2, -0.15) is 0 Å². The average Bonchev–Trinajstić information content (AvgIpc) is 3.28. The van der Waals surface area contributed by atoms with Gasteiger partial charge in [0.25, 0.3) is 0 Å². The number of likely N-dealkylation sites (N-methyl/N-ethyl adjacent to an activating group) is 1. The first-order chi connectivity index (χ1) is 12.7. The number of hydrogen-bond acceptors (Lipinski definition) is 2. The predicted octanol–water partition coefficient (Wildman–Crippen LogP) is 4.67. The molecule has 0 aliphatic carbocycles. The first-order valence-electron chi connectivity index (χ1n) is 8.94. The molecule has 0 unspecified atom stereocenters. The number of benzene rings is 1. The van der Waals surface area contributed by atoms with Gasteiger partial charge in [-0.3, -0.25) is 4.99 Å². The van der Waals surface area contributed by atoms with Crippen LogP contribution in [-0.2, 0) is 12.8 Å². The summed E-state index contributed by atoms with van der Waals surface area (Å²) in [5.41, 5.74) is 2.00. The SMILES string of the molecule is CCNC(=NCCc1c[nH]c2cc(F)ccc12)N(C)CCc1cccs1.I. The molecule has 2 aromatic heterocycles. The van der Waals surface area contributed by atoms with Gasteiger partial charge in [-0.1, -0.05) is 6.07 Å². The van der Waals surface area contributed by atoms with Crippen molar-refractivity contribution in [2.75, 3.05) is 26.7 Å². The molecule has 3 rings (SSSR count). The highest BCUT2D eigenvalue weighted by Crippen LogP contribution is 2.19. The molecule has 0 atom stereocenters. The van der Waals surface area contributed by atoms with E-state index in [2.05, 4.69) is 46.7 Å². The lowest BCUT2D eigenvalue weighted by Gasteiger charge is -2.21. The van der Waals surface area contributed by atoms with Crippen molar-refractivity contribution in [3.8, 4) is 0 Å². The number of H-pyrrole nitrogens is 1. The quantitative estimate of drug-likeness (QED) is 0.282. The van der Waals surface area contributed by atoms with E-state index in [0.29, 0.717) is 6.54 Å². The monoisotopic (exact) mass is 500 g/mol. The number of aliphatic imine (C=N–C) groups is 1. The van der Waals surface area contributed by atoms with Crippen LogP contribution in [0.3, 0.4) is 0 Å². The Labute approximate surface area is 180 Å². The van der Waals surface area contributed by atoms with Gasteiger partial charge in [0, 0.05) is 48.7 Å². The van der Waals surface area contributed by atoms with Gasteiger partial charge < -0.3 is 15.2 Å². The number of thiophene rings is 1. The summed E-state index contributed by atoms with van der Waals surface area (Å²) in [6, 6.07) is 9.13. The molecule has 146 valence electrons. The zero-order valence-electron chi connectivity index (χ0n) is 15.7. The molecule has 2 heterocycles. The molecule has 27 heavy (non-hydrogen) atoms. The fraction of sp³-hybridized carbons (Fsp3) is 0.350. The third-order valence-electron chi connectivity index (χ3n) is 4.34. The second-order valence-electron chi connectivity index (χ2n) is 6.24. The molecule has 0 radical (unpaired) electrons. The van der Waals surface area contributed by atoms with Crippen LogP contribution in [0.5, 0.6) is 0 Å². The Balaban J connectivity index is 0.00000261. The second kappa shape index (κ2) is 10.7. The molecule has 7 heteroatoms. The van der Waals surface area contributed by atoms with Gasteiger partial charge in [0.1, 0.15) is 5.82 Å². The average molecular weight is 500 g/mol. The van der Waals surface area contributed by atoms with Gasteiger partial charge in [-0.15, -0.1) is 35.3 Å². The standard InChI is InChI=1S/C20H25FN4S.HI/c1-3-22-20(25(2)11-9-17-5-4-12-26-17)23-10-8-15-14-24-19-13-16(21)6-7-18(15)19;/h4-7,12-14,24H,3,8-11H2,1-2H3,(H,22,23);1H. The van der Waals surface area contributed by atoms with Crippen molar-refractivity contribution >= 4 is 52.2 Å². The Hall–Kier alpha value is -1.61. The molecule has 0 fully saturated rings. The summed E-state index contributed by atoms with van der Waals surface area (Å²) < 4.78 is 13.3. The molecule has 0 saturated carbocycles. The Morgan fingerprint density at radius 3 is 2.89 bits per heavy atom. The third kappa shape index (κ3) is 5.93. The van der Waals surface area contributed by atoms with Crippen LogP contribution in [0.1, 0.15) is 17.4 Å². The summed E-state index contributed by atoms with van der Waals surface area (Å²) in [6.07, 6.45) is 3.79. The normalized spacial score (nSPS) is 11.4. The van der Waals surface area contributed by atoms with Crippen LogP contribution >= 0.6 is 35.3 Å². The summed E-state index contributed by atoms with van der Waals surface area (Å²) in [5, 5.41) is 6.54. The van der Waals surface area contributed by atoms with Crippen LogP contribution in [0.15, 0.2) is 46.9 Å². The topological polar surface area (TPSA) is 43.4 Å². The van der Waals surface area contributed by atoms with Gasteiger partial charge in [-0.05, 0) is 55.0 Å². The van der Waals surface area contributed by atoms with Gasteiger partial charge >= 0.3 is 0 Å². The van der Waals surface area contributed by atoms with Gasteiger partial charge in [0.05, 0.1) is 0 Å². The van der Waals surface area contributed by atoms with Gasteiger partial charge in [0.2, 0.25) is 0 Å². The number of aromatic amines is 1. The van der Waals surface area contributed by atoms with Crippen molar-refractivity contribution < 1.29 is 4.39 Å². The molecule has 0 saturated heterocycles. The number of halogens is 2. The summed E-state index contributed by atoms with van der Waals surface area (Å²) >= 11 is 1.79. The van der Waals surface area contributed by atoms with Crippen LogP contribution in [0.2, 0.25) is 0 Å². The molecular formula is C20H26FIN4S. The highest BCUT2D eigenvalue weighted by molar-refractivity contribution is 14.0. The van der Waals surface area contributed by atoms with Crippen LogP contribution in [0, 0.1) is 5.82 Å². The lowest BCUT2D eigenvalue weighted by molar-refractivity contribution is 0.487. The van der Waals surface area contributed by atoms with E-state index < -0.39 is 0 Å². The highest BCUT2D eigenvalue weighted by Gasteiger charge is 2.08. The van der Waals surface area contributed by atoms with Crippen molar-refractivity contribution in [2.45, 2.75) is 19.8 Å². The van der Waals surface area contributed by atoms with Crippen LogP contribution in [0.4, 0.5) is 4.39 Å². The first kappa shape index (κ1) is 21.7. The Bertz CT molecular complexity index is 860. The lowest BCUT2D eigenvalue weighted by atomic mass is 10.1. The van der Waals surface area contributed by atoms with E-state index in [1.54, 1.807) is 11.3 Å². The van der Waals surface area contributed by atoms with Gasteiger partial charge in [-0.25, -0.2) is 4.39 Å². The van der Waals surface area contributed by atoms with E-state index in [9.17, 15) is 4.39 Å². The van der Waals surface area contributed by atoms with E-state index in [1.807, 2.05) is 12.3 Å². The van der Waals surface area contributed by atoms with E-state index in [1.165, 1.54) is 22.6 Å². The number of aromatic nitrogens is 1. The Morgan fingerprint density at radius 1 is 1.30 bits per heavy atom. The van der Waals surface area contributed by atoms with Crippen LogP contribution in [0.25, 0.3) is 10.9 Å². The summed E-state index contributed by atoms with van der Waals surface area (Å²) in [6.45, 7) is 4.54. The van der Waals surface area contributed by atoms with E-state index in [-0.39, 0.29) is 29.8 Å². The molecule has 4 nitrogen and oxygen atoms in total. The number of rotatable bonds is 7. The van der Waals surface area contributed by atoms with Crippen molar-refractivity contribution in [3.63, 3.8) is 0 Å². The minimum atomic E-state index is -0.217. The molecule has 3 aromatic rings. The molecule has 0 aliphatic heterocycles. The first-order valence-corrected chi connectivity index (χ1v) is 9.82. The second-order valence-corrected chi connectivity index (χ2v) is 7.27. The third-order valence-corrected chi connectivity index (χ3v) is 5.28. The number of fused-ring (bicyclic) bond motifs is 1. The highest BCUT2D eigenvalue weighted by atomic mass is 127. The number of nitrogens with one attached hydrogen (secondary N) is 2. The minimum absolute atomic E-state index is 0. The minimum Gasteiger partial charge on any atom is -0.361 e. The zero-order chi connectivity index (χ0) is 18.4. The summed E-state index contributed by atoms with van der Waals surface area (Å²) in [5.74, 6) is 0.709. The molecule has 1 aromatic carbocycles. The number of hydrogen-bond donors (Lipinski definition) is 2. The number of nitrogens with zero attached hydrogens (tertiary/aromatic N) is 2. The van der Waals surface area contributed by atoms with Crippen LogP contribution in [-0.4, -0.2) is 42.5 Å². The molecule has 0 spiro atoms. The van der Waals surface area contributed by atoms with Gasteiger partial charge in [0.15, 0.2) is 5.96 Å². The molecular weight excluding hydrogens is 474 g/mol. The molecule has 2 N–H and O–H groups in total. The van der Waals surface area contributed by atoms with E-state index in [0.717, 1.165) is 42.8 Å². The fourth-order valence-corrected chi connectivity index (χ4v) is 3.65. The summed E-state index contributed by atoms with van der Waals surface area (Å²) in [4.78, 5) is 11.5. The Kier molecular flexibility index (Phi) is 8.56. The molecule has 0 aliphatic rings. The lowest BCUT2D eigenvalue weighted by Crippen LogP contribution is -2.40. The zero-order valence-corrected chi connectivity index (χ0v) is 18.8. The van der Waals surface area contributed by atoms with Crippen molar-refractivity contribution in [1.29, 1.82) is 0 Å². The number of guanidine groups is 1. The van der Waals surface area contributed by atoms with Crippen molar-refractivity contribution in [2.24, 2.45) is 4.99 Å². The van der Waals surface area contributed by atoms with Crippen LogP contribution < -0.4 is 5.32 Å². The van der Waals surface area contributed by atoms with Crippen molar-refractivity contribution in [3.05, 3.63) is 58.2 Å². The maximum absolute atomic E-state index is 13.3. The Morgan fingerprint density at radius 2 is 2.15 bits per heavy atom. The fourth-order valence-electron chi connectivity index (χ4n) is 2.96. The summed E-state index contributed by atoms with van der Waals surface area (Å²) in [7, 11) is 2.07. The maximum atomic E-state index is 13.3. The molecule has 0 amide bonds. The predicted molar refractivity (Wildman–Crippen MR) is 124 cm³/mol. The van der Waals surface area contributed by atoms with Crippen molar-refractivity contribution in [1.82, 2.24) is 15.2 Å². The van der Waals surface area contributed by atoms with E-state index in [4.69, 9.17) is 4.99 Å². The maximum Gasteiger partial charge on any atom is 0.193 e.